The fourth-order valence-corrected chi connectivity index (χ4v) is 3.45. The van der Waals surface area contributed by atoms with Gasteiger partial charge < -0.3 is 4.74 Å². The number of aryl methyl sites for hydroxylation is 1. The van der Waals surface area contributed by atoms with Gasteiger partial charge in [0.25, 0.3) is 0 Å². The normalized spacial score (nSPS) is 25.4. The summed E-state index contributed by atoms with van der Waals surface area (Å²) < 4.78 is 31.4. The molecule has 1 saturated heterocycles. The van der Waals surface area contributed by atoms with Gasteiger partial charge in [-0.3, -0.25) is 0 Å². The van der Waals surface area contributed by atoms with Crippen LogP contribution in [0.2, 0.25) is 0 Å². The molecule has 19 heavy (non-hydrogen) atoms. The number of hydrogen-bond donors (Lipinski definition) is 0. The number of benzene rings is 1. The van der Waals surface area contributed by atoms with Gasteiger partial charge in [-0.05, 0) is 26.3 Å². The van der Waals surface area contributed by atoms with E-state index in [1.165, 1.54) is 5.56 Å². The second-order valence-electron chi connectivity index (χ2n) is 5.06. The second kappa shape index (κ2) is 5.61. The molecule has 2 rings (SSSR count). The minimum atomic E-state index is -3.15. The number of nitrogens with zero attached hydrogens (tertiary/aromatic N) is 1. The molecule has 0 spiro atoms. The standard InChI is InChI=1S/C14H21NO3S/c1-4-19(16,17)15-9-12(3)18-14(10-15)13-7-5-11(2)6-8-13/h5-8,12,14H,4,9-10H2,1-3H3. The maximum Gasteiger partial charge on any atom is 0.214 e. The average molecular weight is 283 g/mol. The molecule has 1 aliphatic rings. The van der Waals surface area contributed by atoms with Crippen LogP contribution in [0.25, 0.3) is 0 Å². The highest BCUT2D eigenvalue weighted by Crippen LogP contribution is 2.27. The average Bonchev–Trinajstić information content (AvgIpc) is 2.39. The van der Waals surface area contributed by atoms with Crippen molar-refractivity contribution >= 4 is 10.0 Å². The van der Waals surface area contributed by atoms with E-state index in [1.54, 1.807) is 11.2 Å². The molecule has 1 aliphatic heterocycles. The van der Waals surface area contributed by atoms with Crippen molar-refractivity contribution < 1.29 is 13.2 Å². The first-order valence-corrected chi connectivity index (χ1v) is 8.23. The lowest BCUT2D eigenvalue weighted by atomic mass is 10.1. The molecule has 1 aromatic rings. The van der Waals surface area contributed by atoms with E-state index in [0.717, 1.165) is 5.56 Å². The highest BCUT2D eigenvalue weighted by molar-refractivity contribution is 7.89. The Kier molecular flexibility index (Phi) is 4.28. The quantitative estimate of drug-likeness (QED) is 0.853. The molecule has 0 aromatic heterocycles. The molecule has 0 bridgehead atoms. The summed E-state index contributed by atoms with van der Waals surface area (Å²) in [5, 5.41) is 0. The van der Waals surface area contributed by atoms with E-state index in [4.69, 9.17) is 4.74 Å². The van der Waals surface area contributed by atoms with E-state index in [-0.39, 0.29) is 18.0 Å². The van der Waals surface area contributed by atoms with Crippen molar-refractivity contribution in [3.63, 3.8) is 0 Å². The summed E-state index contributed by atoms with van der Waals surface area (Å²) in [6.07, 6.45) is -0.257. The van der Waals surface area contributed by atoms with Crippen LogP contribution >= 0.6 is 0 Å². The van der Waals surface area contributed by atoms with Crippen LogP contribution in [0.4, 0.5) is 0 Å². The van der Waals surface area contributed by atoms with Crippen molar-refractivity contribution in [3.05, 3.63) is 35.4 Å². The molecular formula is C14H21NO3S. The Labute approximate surface area is 115 Å². The molecule has 1 aromatic carbocycles. The number of morpholine rings is 1. The van der Waals surface area contributed by atoms with E-state index >= 15 is 0 Å². The minimum absolute atomic E-state index is 0.0821. The van der Waals surface area contributed by atoms with Crippen molar-refractivity contribution in [1.29, 1.82) is 0 Å². The minimum Gasteiger partial charge on any atom is -0.368 e. The van der Waals surface area contributed by atoms with Crippen molar-refractivity contribution in [2.24, 2.45) is 0 Å². The lowest BCUT2D eigenvalue weighted by Crippen LogP contribution is -2.46. The molecule has 0 radical (unpaired) electrons. The maximum absolute atomic E-state index is 12.0. The predicted molar refractivity (Wildman–Crippen MR) is 75.5 cm³/mol. The van der Waals surface area contributed by atoms with Crippen LogP contribution in [0.5, 0.6) is 0 Å². The molecule has 0 aliphatic carbocycles. The lowest BCUT2D eigenvalue weighted by molar-refractivity contribution is -0.0556. The molecule has 2 unspecified atom stereocenters. The third-order valence-electron chi connectivity index (χ3n) is 3.43. The van der Waals surface area contributed by atoms with Gasteiger partial charge >= 0.3 is 0 Å². The fraction of sp³-hybridized carbons (Fsp3) is 0.571. The third-order valence-corrected chi connectivity index (χ3v) is 5.25. The van der Waals surface area contributed by atoms with E-state index in [1.807, 2.05) is 38.1 Å². The van der Waals surface area contributed by atoms with Gasteiger partial charge in [-0.25, -0.2) is 8.42 Å². The molecule has 1 heterocycles. The molecule has 0 saturated carbocycles. The van der Waals surface area contributed by atoms with Gasteiger partial charge in [0.1, 0.15) is 0 Å². The molecular weight excluding hydrogens is 262 g/mol. The summed E-state index contributed by atoms with van der Waals surface area (Å²) in [5.74, 6) is 0.139. The number of ether oxygens (including phenoxy) is 1. The smallest absolute Gasteiger partial charge is 0.214 e. The van der Waals surface area contributed by atoms with Crippen molar-refractivity contribution in [2.45, 2.75) is 33.0 Å². The van der Waals surface area contributed by atoms with Crippen LogP contribution < -0.4 is 0 Å². The zero-order valence-corrected chi connectivity index (χ0v) is 12.5. The summed E-state index contributed by atoms with van der Waals surface area (Å²) in [6.45, 7) is 6.47. The number of sulfonamides is 1. The highest BCUT2D eigenvalue weighted by atomic mass is 32.2. The first kappa shape index (κ1) is 14.5. The molecule has 2 atom stereocenters. The summed E-state index contributed by atoms with van der Waals surface area (Å²) in [4.78, 5) is 0. The van der Waals surface area contributed by atoms with Crippen LogP contribution in [-0.2, 0) is 14.8 Å². The van der Waals surface area contributed by atoms with Gasteiger partial charge in [0, 0.05) is 13.1 Å². The van der Waals surface area contributed by atoms with Crippen LogP contribution in [0, 0.1) is 6.92 Å². The zero-order chi connectivity index (χ0) is 14.0. The zero-order valence-electron chi connectivity index (χ0n) is 11.7. The largest absolute Gasteiger partial charge is 0.368 e. The van der Waals surface area contributed by atoms with Gasteiger partial charge in [-0.15, -0.1) is 0 Å². The van der Waals surface area contributed by atoms with Crippen LogP contribution in [-0.4, -0.2) is 37.7 Å². The van der Waals surface area contributed by atoms with E-state index in [2.05, 4.69) is 0 Å². The van der Waals surface area contributed by atoms with Gasteiger partial charge in [0.05, 0.1) is 18.0 Å². The molecule has 5 heteroatoms. The van der Waals surface area contributed by atoms with Gasteiger partial charge in [-0.1, -0.05) is 29.8 Å². The monoisotopic (exact) mass is 283 g/mol. The summed E-state index contributed by atoms with van der Waals surface area (Å²) >= 11 is 0. The van der Waals surface area contributed by atoms with Gasteiger partial charge in [0.2, 0.25) is 10.0 Å². The Morgan fingerprint density at radius 1 is 1.26 bits per heavy atom. The Bertz CT molecular complexity index is 524. The summed E-state index contributed by atoms with van der Waals surface area (Å²) in [7, 11) is -3.15. The molecule has 0 amide bonds. The van der Waals surface area contributed by atoms with Crippen LogP contribution in [0.3, 0.4) is 0 Å². The summed E-state index contributed by atoms with van der Waals surface area (Å²) in [5.41, 5.74) is 2.22. The van der Waals surface area contributed by atoms with Gasteiger partial charge in [-0.2, -0.15) is 4.31 Å². The molecule has 4 nitrogen and oxygen atoms in total. The molecule has 0 N–H and O–H groups in total. The Hall–Kier alpha value is -0.910. The summed E-state index contributed by atoms with van der Waals surface area (Å²) in [6, 6.07) is 8.07. The van der Waals surface area contributed by atoms with Crippen molar-refractivity contribution in [2.75, 3.05) is 18.8 Å². The van der Waals surface area contributed by atoms with Crippen LogP contribution in [0.1, 0.15) is 31.1 Å². The molecule has 106 valence electrons. The first-order chi connectivity index (χ1) is 8.92. The van der Waals surface area contributed by atoms with Crippen molar-refractivity contribution in [1.82, 2.24) is 4.31 Å². The van der Waals surface area contributed by atoms with Crippen LogP contribution in [0.15, 0.2) is 24.3 Å². The predicted octanol–water partition coefficient (Wildman–Crippen LogP) is 2.11. The van der Waals surface area contributed by atoms with Crippen molar-refractivity contribution in [3.8, 4) is 0 Å². The Balaban J connectivity index is 2.21. The Morgan fingerprint density at radius 2 is 1.89 bits per heavy atom. The second-order valence-corrected chi connectivity index (χ2v) is 7.32. The number of hydrogen-bond acceptors (Lipinski definition) is 3. The fourth-order valence-electron chi connectivity index (χ4n) is 2.29. The topological polar surface area (TPSA) is 46.6 Å². The SMILES string of the molecule is CCS(=O)(=O)N1CC(C)OC(c2ccc(C)cc2)C1. The highest BCUT2D eigenvalue weighted by Gasteiger charge is 2.32. The molecule has 1 fully saturated rings. The third kappa shape index (κ3) is 3.35. The number of rotatable bonds is 3. The Morgan fingerprint density at radius 3 is 2.47 bits per heavy atom. The van der Waals surface area contributed by atoms with E-state index in [0.29, 0.717) is 13.1 Å². The van der Waals surface area contributed by atoms with Gasteiger partial charge in [0.15, 0.2) is 0 Å². The maximum atomic E-state index is 12.0. The van der Waals surface area contributed by atoms with E-state index < -0.39 is 10.0 Å². The first-order valence-electron chi connectivity index (χ1n) is 6.62. The lowest BCUT2D eigenvalue weighted by Gasteiger charge is -2.36. The van der Waals surface area contributed by atoms with E-state index in [9.17, 15) is 8.42 Å².